The first-order valence-corrected chi connectivity index (χ1v) is 8.23. The highest BCUT2D eigenvalue weighted by Gasteiger charge is 2.21. The molecule has 2 aliphatic rings. The number of benzene rings is 1. The Morgan fingerprint density at radius 3 is 2.58 bits per heavy atom. The van der Waals surface area contributed by atoms with Crippen LogP contribution >= 0.6 is 0 Å². The highest BCUT2D eigenvalue weighted by Crippen LogP contribution is 2.20. The number of nitrogens with one attached hydrogen (secondary N) is 2. The van der Waals surface area contributed by atoms with Gasteiger partial charge in [0.1, 0.15) is 0 Å². The first kappa shape index (κ1) is 13.1. The molecule has 0 aromatic heterocycles. The quantitative estimate of drug-likeness (QED) is 0.866. The molecule has 0 amide bonds. The van der Waals surface area contributed by atoms with Crippen LogP contribution in [0.25, 0.3) is 0 Å². The van der Waals surface area contributed by atoms with E-state index in [1.54, 1.807) is 12.1 Å². The van der Waals surface area contributed by atoms with Crippen molar-refractivity contribution in [3.8, 4) is 0 Å². The highest BCUT2D eigenvalue weighted by atomic mass is 32.2. The van der Waals surface area contributed by atoms with E-state index in [1.807, 2.05) is 11.1 Å². The monoisotopic (exact) mass is 281 g/mol. The number of piperidine rings is 1. The fourth-order valence-corrected chi connectivity index (χ4v) is 3.82. The van der Waals surface area contributed by atoms with Gasteiger partial charge in [-0.15, -0.1) is 4.83 Å². The minimum atomic E-state index is -3.43. The molecule has 1 aromatic carbocycles. The molecule has 19 heavy (non-hydrogen) atoms. The molecule has 2 heterocycles. The van der Waals surface area contributed by atoms with Crippen LogP contribution in [0, 0.1) is 0 Å². The molecule has 1 saturated heterocycles. The van der Waals surface area contributed by atoms with Crippen molar-refractivity contribution >= 4 is 10.0 Å². The molecule has 5 nitrogen and oxygen atoms in total. The molecule has 0 bridgehead atoms. The van der Waals surface area contributed by atoms with Crippen molar-refractivity contribution < 1.29 is 8.42 Å². The van der Waals surface area contributed by atoms with Gasteiger partial charge in [-0.3, -0.25) is 0 Å². The third-order valence-corrected chi connectivity index (χ3v) is 5.10. The lowest BCUT2D eigenvalue weighted by Gasteiger charge is -2.26. The van der Waals surface area contributed by atoms with E-state index in [9.17, 15) is 8.42 Å². The van der Waals surface area contributed by atoms with Crippen molar-refractivity contribution in [1.82, 2.24) is 15.2 Å². The largest absolute Gasteiger partial charge is 0.309 e. The molecule has 6 heteroatoms. The van der Waals surface area contributed by atoms with Gasteiger partial charge in [-0.1, -0.05) is 12.5 Å². The van der Waals surface area contributed by atoms with E-state index >= 15 is 0 Å². The fraction of sp³-hybridized carbons (Fsp3) is 0.538. The van der Waals surface area contributed by atoms with Crippen LogP contribution in [0.3, 0.4) is 0 Å². The first-order valence-electron chi connectivity index (χ1n) is 6.75. The lowest BCUT2D eigenvalue weighted by Crippen LogP contribution is -2.44. The second-order valence-corrected chi connectivity index (χ2v) is 6.84. The molecule has 0 radical (unpaired) electrons. The Bertz CT molecular complexity index is 565. The van der Waals surface area contributed by atoms with Gasteiger partial charge in [0.2, 0.25) is 0 Å². The van der Waals surface area contributed by atoms with Crippen LogP contribution in [0.15, 0.2) is 23.1 Å². The van der Waals surface area contributed by atoms with E-state index in [1.165, 1.54) is 12.0 Å². The Morgan fingerprint density at radius 2 is 1.79 bits per heavy atom. The Labute approximate surface area is 114 Å². The molecule has 0 atom stereocenters. The summed E-state index contributed by atoms with van der Waals surface area (Å²) < 4.78 is 24.7. The summed E-state index contributed by atoms with van der Waals surface area (Å²) in [4.78, 5) is 3.05. The summed E-state index contributed by atoms with van der Waals surface area (Å²) in [7, 11) is -3.43. The van der Waals surface area contributed by atoms with Crippen LogP contribution in [0.2, 0.25) is 0 Å². The summed E-state index contributed by atoms with van der Waals surface area (Å²) in [5.41, 5.74) is 2.28. The summed E-state index contributed by atoms with van der Waals surface area (Å²) in [6.07, 6.45) is 3.29. The van der Waals surface area contributed by atoms with Crippen LogP contribution in [0.1, 0.15) is 30.4 Å². The Hall–Kier alpha value is -0.950. The molecule has 2 aliphatic heterocycles. The molecule has 2 N–H and O–H groups in total. The maximum absolute atomic E-state index is 12.3. The summed E-state index contributed by atoms with van der Waals surface area (Å²) in [6, 6.07) is 5.37. The molecule has 104 valence electrons. The van der Waals surface area contributed by atoms with Crippen molar-refractivity contribution in [2.24, 2.45) is 0 Å². The summed E-state index contributed by atoms with van der Waals surface area (Å²) >= 11 is 0. The maximum atomic E-state index is 12.3. The molecular formula is C13H19N3O2S. The number of nitrogens with zero attached hydrogens (tertiary/aromatic N) is 1. The number of hydrogen-bond donors (Lipinski definition) is 2. The van der Waals surface area contributed by atoms with Crippen molar-refractivity contribution in [2.75, 3.05) is 13.1 Å². The zero-order valence-corrected chi connectivity index (χ0v) is 11.7. The second-order valence-electron chi connectivity index (χ2n) is 5.18. The number of hydrazine groups is 1. The van der Waals surface area contributed by atoms with Gasteiger partial charge < -0.3 is 5.32 Å². The predicted molar refractivity (Wildman–Crippen MR) is 72.7 cm³/mol. The number of hydrogen-bond acceptors (Lipinski definition) is 4. The van der Waals surface area contributed by atoms with E-state index in [0.717, 1.165) is 44.6 Å². The summed E-state index contributed by atoms with van der Waals surface area (Å²) in [5.74, 6) is 0. The van der Waals surface area contributed by atoms with E-state index in [2.05, 4.69) is 10.1 Å². The lowest BCUT2D eigenvalue weighted by atomic mass is 10.1. The fourth-order valence-electron chi connectivity index (χ4n) is 2.65. The van der Waals surface area contributed by atoms with Gasteiger partial charge in [0, 0.05) is 26.2 Å². The SMILES string of the molecule is O=S(=O)(NN1CCCCC1)c1ccc2c(c1)CNC2. The van der Waals surface area contributed by atoms with Gasteiger partial charge in [0.05, 0.1) is 4.90 Å². The number of fused-ring (bicyclic) bond motifs is 1. The van der Waals surface area contributed by atoms with Crippen LogP contribution in [-0.2, 0) is 23.1 Å². The summed E-state index contributed by atoms with van der Waals surface area (Å²) in [5, 5.41) is 5.03. The Morgan fingerprint density at radius 1 is 1.05 bits per heavy atom. The smallest absolute Gasteiger partial charge is 0.253 e. The van der Waals surface area contributed by atoms with E-state index < -0.39 is 10.0 Å². The molecule has 0 saturated carbocycles. The first-order chi connectivity index (χ1) is 9.15. The summed E-state index contributed by atoms with van der Waals surface area (Å²) in [6.45, 7) is 3.18. The van der Waals surface area contributed by atoms with Gasteiger partial charge in [-0.25, -0.2) is 13.4 Å². The molecule has 3 rings (SSSR count). The van der Waals surface area contributed by atoms with E-state index in [-0.39, 0.29) is 0 Å². The van der Waals surface area contributed by atoms with Crippen molar-refractivity contribution in [3.05, 3.63) is 29.3 Å². The van der Waals surface area contributed by atoms with Gasteiger partial charge in [0.15, 0.2) is 0 Å². The predicted octanol–water partition coefficient (Wildman–Crippen LogP) is 0.969. The molecular weight excluding hydrogens is 262 g/mol. The molecule has 1 fully saturated rings. The van der Waals surface area contributed by atoms with E-state index in [0.29, 0.717) is 4.90 Å². The normalized spacial score (nSPS) is 20.4. The van der Waals surface area contributed by atoms with E-state index in [4.69, 9.17) is 0 Å². The van der Waals surface area contributed by atoms with Crippen molar-refractivity contribution in [3.63, 3.8) is 0 Å². The van der Waals surface area contributed by atoms with Crippen LogP contribution < -0.4 is 10.1 Å². The van der Waals surface area contributed by atoms with Gasteiger partial charge in [-0.05, 0) is 36.1 Å². The number of rotatable bonds is 3. The zero-order valence-electron chi connectivity index (χ0n) is 10.9. The van der Waals surface area contributed by atoms with Crippen LogP contribution in [0.4, 0.5) is 0 Å². The maximum Gasteiger partial charge on any atom is 0.253 e. The van der Waals surface area contributed by atoms with Gasteiger partial charge >= 0.3 is 0 Å². The minimum Gasteiger partial charge on any atom is -0.309 e. The minimum absolute atomic E-state index is 0.362. The molecule has 1 aromatic rings. The molecule has 0 aliphatic carbocycles. The standard InChI is InChI=1S/C13H19N3O2S/c17-19(18,15-16-6-2-1-3-7-16)13-5-4-11-9-14-10-12(11)8-13/h4-5,8,14-15H,1-3,6-7,9-10H2. The van der Waals surface area contributed by atoms with Crippen molar-refractivity contribution in [2.45, 2.75) is 37.2 Å². The van der Waals surface area contributed by atoms with Gasteiger partial charge in [0.25, 0.3) is 10.0 Å². The highest BCUT2D eigenvalue weighted by molar-refractivity contribution is 7.89. The Balaban J connectivity index is 1.79. The van der Waals surface area contributed by atoms with Crippen LogP contribution in [0.5, 0.6) is 0 Å². The Kier molecular flexibility index (Phi) is 3.58. The average Bonchev–Trinajstić information content (AvgIpc) is 2.86. The third kappa shape index (κ3) is 2.81. The lowest BCUT2D eigenvalue weighted by molar-refractivity contribution is 0.200. The average molecular weight is 281 g/mol. The molecule has 0 spiro atoms. The van der Waals surface area contributed by atoms with Gasteiger partial charge in [-0.2, -0.15) is 0 Å². The molecule has 0 unspecified atom stereocenters. The van der Waals surface area contributed by atoms with Crippen LogP contribution in [-0.4, -0.2) is 26.5 Å². The third-order valence-electron chi connectivity index (χ3n) is 3.72. The van der Waals surface area contributed by atoms with Crippen molar-refractivity contribution in [1.29, 1.82) is 0 Å². The number of sulfonamides is 1. The zero-order chi connectivity index (χ0) is 13.3. The topological polar surface area (TPSA) is 61.4 Å². The second kappa shape index (κ2) is 5.20.